The maximum Gasteiger partial charge on any atom is 0.134 e. The standard InChI is InChI=1S/C12H18ClN3/c13-11-8-12(16-9-15-11)14-7-3-6-10-4-1-2-5-10/h8-10H,1-7H2,(H,14,15,16). The Kier molecular flexibility index (Phi) is 4.40. The summed E-state index contributed by atoms with van der Waals surface area (Å²) in [5, 5.41) is 3.77. The van der Waals surface area contributed by atoms with Crippen molar-refractivity contribution in [2.24, 2.45) is 5.92 Å². The highest BCUT2D eigenvalue weighted by atomic mass is 35.5. The molecule has 1 saturated carbocycles. The number of anilines is 1. The number of hydrogen-bond donors (Lipinski definition) is 1. The van der Waals surface area contributed by atoms with Gasteiger partial charge in [0.25, 0.3) is 0 Å². The Balaban J connectivity index is 1.64. The van der Waals surface area contributed by atoms with Crippen LogP contribution in [0, 0.1) is 5.92 Å². The van der Waals surface area contributed by atoms with Gasteiger partial charge < -0.3 is 5.32 Å². The number of rotatable bonds is 5. The maximum absolute atomic E-state index is 5.77. The van der Waals surface area contributed by atoms with Crippen molar-refractivity contribution in [3.05, 3.63) is 17.5 Å². The van der Waals surface area contributed by atoms with Gasteiger partial charge in [-0.25, -0.2) is 9.97 Å². The second kappa shape index (κ2) is 6.04. The van der Waals surface area contributed by atoms with Crippen molar-refractivity contribution in [2.45, 2.75) is 38.5 Å². The van der Waals surface area contributed by atoms with Crippen LogP contribution in [0.5, 0.6) is 0 Å². The van der Waals surface area contributed by atoms with Crippen LogP contribution in [0.1, 0.15) is 38.5 Å². The third-order valence-corrected chi connectivity index (χ3v) is 3.41. The number of halogens is 1. The lowest BCUT2D eigenvalue weighted by Gasteiger charge is -2.09. The monoisotopic (exact) mass is 239 g/mol. The Morgan fingerprint density at radius 1 is 1.31 bits per heavy atom. The van der Waals surface area contributed by atoms with Crippen molar-refractivity contribution >= 4 is 17.4 Å². The highest BCUT2D eigenvalue weighted by molar-refractivity contribution is 6.29. The van der Waals surface area contributed by atoms with Gasteiger partial charge in [0.15, 0.2) is 0 Å². The third kappa shape index (κ3) is 3.63. The predicted octanol–water partition coefficient (Wildman–Crippen LogP) is 3.51. The summed E-state index contributed by atoms with van der Waals surface area (Å²) in [6.45, 7) is 0.976. The van der Waals surface area contributed by atoms with Gasteiger partial charge in [0.1, 0.15) is 17.3 Å². The molecular formula is C12H18ClN3. The van der Waals surface area contributed by atoms with Crippen LogP contribution < -0.4 is 5.32 Å². The average molecular weight is 240 g/mol. The molecule has 1 aliphatic rings. The fourth-order valence-electron chi connectivity index (χ4n) is 2.34. The van der Waals surface area contributed by atoms with Crippen LogP contribution in [0.4, 0.5) is 5.82 Å². The molecule has 3 nitrogen and oxygen atoms in total. The quantitative estimate of drug-likeness (QED) is 0.631. The molecule has 0 radical (unpaired) electrons. The molecule has 1 N–H and O–H groups in total. The Morgan fingerprint density at radius 3 is 2.88 bits per heavy atom. The van der Waals surface area contributed by atoms with Crippen molar-refractivity contribution < 1.29 is 0 Å². The minimum absolute atomic E-state index is 0.494. The van der Waals surface area contributed by atoms with E-state index in [0.717, 1.165) is 18.3 Å². The molecular weight excluding hydrogens is 222 g/mol. The van der Waals surface area contributed by atoms with Crippen LogP contribution in [0.25, 0.3) is 0 Å². The van der Waals surface area contributed by atoms with Gasteiger partial charge in [-0.15, -0.1) is 0 Å². The van der Waals surface area contributed by atoms with Gasteiger partial charge in [-0.05, 0) is 18.8 Å². The molecule has 0 atom stereocenters. The van der Waals surface area contributed by atoms with Crippen LogP contribution >= 0.6 is 11.6 Å². The zero-order valence-corrected chi connectivity index (χ0v) is 10.2. The average Bonchev–Trinajstić information content (AvgIpc) is 2.77. The van der Waals surface area contributed by atoms with Crippen LogP contribution in [0.2, 0.25) is 5.15 Å². The number of nitrogens with zero attached hydrogens (tertiary/aromatic N) is 2. The molecule has 1 fully saturated rings. The van der Waals surface area contributed by atoms with E-state index in [2.05, 4.69) is 15.3 Å². The van der Waals surface area contributed by atoms with Crippen LogP contribution in [-0.4, -0.2) is 16.5 Å². The topological polar surface area (TPSA) is 37.8 Å². The molecule has 1 aliphatic carbocycles. The summed E-state index contributed by atoms with van der Waals surface area (Å²) in [6, 6.07) is 1.76. The van der Waals surface area contributed by atoms with Gasteiger partial charge in [-0.3, -0.25) is 0 Å². The Morgan fingerprint density at radius 2 is 2.12 bits per heavy atom. The van der Waals surface area contributed by atoms with Crippen molar-refractivity contribution in [3.63, 3.8) is 0 Å². The summed E-state index contributed by atoms with van der Waals surface area (Å²) in [5.41, 5.74) is 0. The summed E-state index contributed by atoms with van der Waals surface area (Å²) in [6.07, 6.45) is 9.76. The molecule has 1 aromatic heterocycles. The smallest absolute Gasteiger partial charge is 0.134 e. The molecule has 0 unspecified atom stereocenters. The van der Waals surface area contributed by atoms with E-state index in [4.69, 9.17) is 11.6 Å². The molecule has 0 spiro atoms. The van der Waals surface area contributed by atoms with Crippen LogP contribution in [-0.2, 0) is 0 Å². The molecule has 88 valence electrons. The molecule has 0 aliphatic heterocycles. The lowest BCUT2D eigenvalue weighted by atomic mass is 10.0. The first-order valence-electron chi connectivity index (χ1n) is 6.06. The summed E-state index contributed by atoms with van der Waals surface area (Å²) in [5.74, 6) is 1.79. The Hall–Kier alpha value is -0.830. The van der Waals surface area contributed by atoms with Gasteiger partial charge in [-0.1, -0.05) is 37.3 Å². The summed E-state index contributed by atoms with van der Waals surface area (Å²) in [4.78, 5) is 7.95. The molecule has 0 aromatic carbocycles. The first kappa shape index (κ1) is 11.6. The molecule has 1 heterocycles. The normalized spacial score (nSPS) is 16.6. The van der Waals surface area contributed by atoms with Crippen molar-refractivity contribution in [1.29, 1.82) is 0 Å². The van der Waals surface area contributed by atoms with E-state index in [-0.39, 0.29) is 0 Å². The Bertz CT molecular complexity index is 324. The first-order valence-corrected chi connectivity index (χ1v) is 6.44. The fourth-order valence-corrected chi connectivity index (χ4v) is 2.48. The van der Waals surface area contributed by atoms with Crippen molar-refractivity contribution in [3.8, 4) is 0 Å². The molecule has 0 saturated heterocycles. The number of aromatic nitrogens is 2. The van der Waals surface area contributed by atoms with E-state index < -0.39 is 0 Å². The van der Waals surface area contributed by atoms with Gasteiger partial charge in [0.05, 0.1) is 0 Å². The van der Waals surface area contributed by atoms with Gasteiger partial charge in [0.2, 0.25) is 0 Å². The molecule has 16 heavy (non-hydrogen) atoms. The Labute approximate surface area is 102 Å². The molecule has 1 aromatic rings. The van der Waals surface area contributed by atoms with E-state index in [1.165, 1.54) is 44.9 Å². The van der Waals surface area contributed by atoms with E-state index in [1.54, 1.807) is 6.07 Å². The first-order chi connectivity index (χ1) is 7.84. The molecule has 4 heteroatoms. The lowest BCUT2D eigenvalue weighted by molar-refractivity contribution is 0.491. The zero-order chi connectivity index (χ0) is 11.2. The zero-order valence-electron chi connectivity index (χ0n) is 9.45. The van der Waals surface area contributed by atoms with Gasteiger partial charge in [-0.2, -0.15) is 0 Å². The highest BCUT2D eigenvalue weighted by Gasteiger charge is 2.13. The summed E-state index contributed by atoms with van der Waals surface area (Å²) in [7, 11) is 0. The van der Waals surface area contributed by atoms with Crippen molar-refractivity contribution in [2.75, 3.05) is 11.9 Å². The molecule has 2 rings (SSSR count). The fraction of sp³-hybridized carbons (Fsp3) is 0.667. The molecule has 0 amide bonds. The number of hydrogen-bond acceptors (Lipinski definition) is 3. The second-order valence-corrected chi connectivity index (χ2v) is 4.83. The summed E-state index contributed by atoms with van der Waals surface area (Å²) < 4.78 is 0. The van der Waals surface area contributed by atoms with E-state index >= 15 is 0 Å². The van der Waals surface area contributed by atoms with E-state index in [0.29, 0.717) is 5.15 Å². The van der Waals surface area contributed by atoms with E-state index in [1.807, 2.05) is 0 Å². The maximum atomic E-state index is 5.77. The highest BCUT2D eigenvalue weighted by Crippen LogP contribution is 2.28. The van der Waals surface area contributed by atoms with Gasteiger partial charge >= 0.3 is 0 Å². The largest absolute Gasteiger partial charge is 0.370 e. The van der Waals surface area contributed by atoms with Crippen molar-refractivity contribution in [1.82, 2.24) is 9.97 Å². The van der Waals surface area contributed by atoms with Crippen LogP contribution in [0.3, 0.4) is 0 Å². The minimum Gasteiger partial charge on any atom is -0.370 e. The predicted molar refractivity (Wildman–Crippen MR) is 66.7 cm³/mol. The van der Waals surface area contributed by atoms with Gasteiger partial charge in [0, 0.05) is 12.6 Å². The second-order valence-electron chi connectivity index (χ2n) is 4.45. The lowest BCUT2D eigenvalue weighted by Crippen LogP contribution is -2.05. The SMILES string of the molecule is Clc1cc(NCCCC2CCCC2)ncn1. The number of nitrogens with one attached hydrogen (secondary N) is 1. The molecule has 0 bridgehead atoms. The third-order valence-electron chi connectivity index (χ3n) is 3.20. The minimum atomic E-state index is 0.494. The summed E-state index contributed by atoms with van der Waals surface area (Å²) >= 11 is 5.77. The van der Waals surface area contributed by atoms with E-state index in [9.17, 15) is 0 Å². The van der Waals surface area contributed by atoms with Crippen LogP contribution in [0.15, 0.2) is 12.4 Å².